The van der Waals surface area contributed by atoms with Gasteiger partial charge in [0, 0.05) is 6.42 Å². The number of methoxy groups -OCH3 is 1. The van der Waals surface area contributed by atoms with Gasteiger partial charge >= 0.3 is 5.97 Å². The standard InChI is InChI=1S/C23H34O5/c1-3-4-5-10-20(24)15-13-18-8-6-9-19(17-18)14-16-22(26)21(25)11-7-12-23(27)28-2/h6,8-9,13-17,20-22,24-26H,3-5,7,10-12H2,1-2H3/b15-13+,16-14+/t20-,21+,22-/m1/s1. The molecule has 0 radical (unpaired) electrons. The third-order valence-corrected chi connectivity index (χ3v) is 4.51. The first-order chi connectivity index (χ1) is 13.5. The molecule has 156 valence electrons. The molecule has 1 aromatic carbocycles. The van der Waals surface area contributed by atoms with Crippen molar-refractivity contribution in [2.75, 3.05) is 7.11 Å². The molecule has 0 aromatic heterocycles. The van der Waals surface area contributed by atoms with E-state index in [1.54, 1.807) is 18.2 Å². The quantitative estimate of drug-likeness (QED) is 0.353. The van der Waals surface area contributed by atoms with Gasteiger partial charge in [0.15, 0.2) is 0 Å². The van der Waals surface area contributed by atoms with Crippen LogP contribution in [0.15, 0.2) is 36.4 Å². The summed E-state index contributed by atoms with van der Waals surface area (Å²) in [6.07, 6.45) is 9.68. The number of ether oxygens (including phenoxy) is 1. The van der Waals surface area contributed by atoms with Gasteiger partial charge in [-0.1, -0.05) is 68.7 Å². The van der Waals surface area contributed by atoms with Crippen LogP contribution in [0.3, 0.4) is 0 Å². The van der Waals surface area contributed by atoms with Crippen LogP contribution in [0.2, 0.25) is 0 Å². The van der Waals surface area contributed by atoms with Gasteiger partial charge in [-0.2, -0.15) is 0 Å². The lowest BCUT2D eigenvalue weighted by atomic mass is 10.0. The maximum absolute atomic E-state index is 11.1. The van der Waals surface area contributed by atoms with Gasteiger partial charge in [-0.3, -0.25) is 4.79 Å². The molecule has 0 saturated carbocycles. The number of unbranched alkanes of at least 4 members (excludes halogenated alkanes) is 2. The van der Waals surface area contributed by atoms with Gasteiger partial charge in [0.05, 0.1) is 25.4 Å². The van der Waals surface area contributed by atoms with Gasteiger partial charge < -0.3 is 20.1 Å². The predicted octanol–water partition coefficient (Wildman–Crippen LogP) is 3.72. The number of carbonyl (C=O) groups is 1. The average molecular weight is 391 g/mol. The molecule has 28 heavy (non-hydrogen) atoms. The zero-order valence-corrected chi connectivity index (χ0v) is 17.0. The Bertz CT molecular complexity index is 623. The van der Waals surface area contributed by atoms with Gasteiger partial charge in [0.2, 0.25) is 0 Å². The highest BCUT2D eigenvalue weighted by Gasteiger charge is 2.13. The molecule has 0 spiro atoms. The molecule has 1 aromatic rings. The molecule has 0 amide bonds. The summed E-state index contributed by atoms with van der Waals surface area (Å²) in [4.78, 5) is 11.1. The van der Waals surface area contributed by atoms with E-state index in [2.05, 4.69) is 11.7 Å². The number of esters is 1. The van der Waals surface area contributed by atoms with Crippen molar-refractivity contribution >= 4 is 18.1 Å². The first-order valence-electron chi connectivity index (χ1n) is 10.0. The van der Waals surface area contributed by atoms with Crippen LogP contribution in [0, 0.1) is 0 Å². The molecule has 0 unspecified atom stereocenters. The van der Waals surface area contributed by atoms with Crippen LogP contribution < -0.4 is 0 Å². The highest BCUT2D eigenvalue weighted by atomic mass is 16.5. The van der Waals surface area contributed by atoms with Crippen molar-refractivity contribution < 1.29 is 24.9 Å². The van der Waals surface area contributed by atoms with Crippen molar-refractivity contribution in [3.63, 3.8) is 0 Å². The molecule has 0 aliphatic carbocycles. The Hall–Kier alpha value is -1.95. The largest absolute Gasteiger partial charge is 0.469 e. The summed E-state index contributed by atoms with van der Waals surface area (Å²) in [5.74, 6) is -0.322. The molecule has 3 N–H and O–H groups in total. The number of aliphatic hydroxyl groups is 3. The molecule has 5 nitrogen and oxygen atoms in total. The lowest BCUT2D eigenvalue weighted by Gasteiger charge is -2.14. The van der Waals surface area contributed by atoms with E-state index in [9.17, 15) is 20.1 Å². The second-order valence-electron chi connectivity index (χ2n) is 6.98. The topological polar surface area (TPSA) is 87.0 Å². The Kier molecular flexibility index (Phi) is 12.1. The van der Waals surface area contributed by atoms with E-state index < -0.39 is 18.3 Å². The fourth-order valence-electron chi connectivity index (χ4n) is 2.75. The molecule has 5 heteroatoms. The zero-order chi connectivity index (χ0) is 20.8. The first-order valence-corrected chi connectivity index (χ1v) is 10.0. The number of rotatable bonds is 13. The third-order valence-electron chi connectivity index (χ3n) is 4.51. The number of aliphatic hydroxyl groups excluding tert-OH is 3. The summed E-state index contributed by atoms with van der Waals surface area (Å²) >= 11 is 0. The van der Waals surface area contributed by atoms with Gasteiger partial charge in [0.1, 0.15) is 0 Å². The van der Waals surface area contributed by atoms with Crippen molar-refractivity contribution in [3.8, 4) is 0 Å². The van der Waals surface area contributed by atoms with Gasteiger partial charge in [-0.05, 0) is 36.5 Å². The maximum Gasteiger partial charge on any atom is 0.305 e. The minimum absolute atomic E-state index is 0.225. The summed E-state index contributed by atoms with van der Waals surface area (Å²) in [5.41, 5.74) is 1.85. The Labute approximate surface area is 168 Å². The summed E-state index contributed by atoms with van der Waals surface area (Å²) in [7, 11) is 1.33. The molecule has 1 rings (SSSR count). The van der Waals surface area contributed by atoms with Crippen LogP contribution in [0.5, 0.6) is 0 Å². The van der Waals surface area contributed by atoms with E-state index >= 15 is 0 Å². The van der Waals surface area contributed by atoms with E-state index in [1.807, 2.05) is 30.3 Å². The lowest BCUT2D eigenvalue weighted by Crippen LogP contribution is -2.23. The van der Waals surface area contributed by atoms with E-state index in [1.165, 1.54) is 7.11 Å². The molecule has 0 saturated heterocycles. The Morgan fingerprint density at radius 3 is 2.36 bits per heavy atom. The molecular formula is C23H34O5. The molecular weight excluding hydrogens is 356 g/mol. The fraction of sp³-hybridized carbons (Fsp3) is 0.522. The van der Waals surface area contributed by atoms with Crippen LogP contribution in [0.25, 0.3) is 12.2 Å². The average Bonchev–Trinajstić information content (AvgIpc) is 2.70. The first kappa shape index (κ1) is 24.1. The Balaban J connectivity index is 2.52. The number of hydrogen-bond acceptors (Lipinski definition) is 5. The molecule has 0 aliphatic rings. The predicted molar refractivity (Wildman–Crippen MR) is 113 cm³/mol. The van der Waals surface area contributed by atoms with Gasteiger partial charge in [0.25, 0.3) is 0 Å². The highest BCUT2D eigenvalue weighted by Crippen LogP contribution is 2.13. The van der Waals surface area contributed by atoms with Crippen molar-refractivity contribution in [1.82, 2.24) is 0 Å². The fourth-order valence-corrected chi connectivity index (χ4v) is 2.75. The number of hydrogen-bond donors (Lipinski definition) is 3. The van der Waals surface area contributed by atoms with Crippen molar-refractivity contribution in [3.05, 3.63) is 47.5 Å². The van der Waals surface area contributed by atoms with Gasteiger partial charge in [-0.25, -0.2) is 0 Å². The molecule has 0 heterocycles. The van der Waals surface area contributed by atoms with Crippen molar-refractivity contribution in [2.24, 2.45) is 0 Å². The normalized spacial score (nSPS) is 15.0. The second kappa shape index (κ2) is 14.1. The van der Waals surface area contributed by atoms with Crippen molar-refractivity contribution in [1.29, 1.82) is 0 Å². The Morgan fingerprint density at radius 2 is 1.71 bits per heavy atom. The van der Waals surface area contributed by atoms with Crippen LogP contribution in [0.1, 0.15) is 63.0 Å². The maximum atomic E-state index is 11.1. The van der Waals surface area contributed by atoms with E-state index in [-0.39, 0.29) is 12.4 Å². The second-order valence-corrected chi connectivity index (χ2v) is 6.98. The number of benzene rings is 1. The van der Waals surface area contributed by atoms with Crippen LogP contribution in [0.4, 0.5) is 0 Å². The highest BCUT2D eigenvalue weighted by molar-refractivity contribution is 5.69. The summed E-state index contributed by atoms with van der Waals surface area (Å²) < 4.78 is 4.55. The molecule has 0 aliphatic heterocycles. The Morgan fingerprint density at radius 1 is 1.04 bits per heavy atom. The van der Waals surface area contributed by atoms with Crippen LogP contribution in [-0.4, -0.2) is 46.7 Å². The van der Waals surface area contributed by atoms with E-state index in [0.717, 1.165) is 36.8 Å². The van der Waals surface area contributed by atoms with E-state index in [4.69, 9.17) is 0 Å². The summed E-state index contributed by atoms with van der Waals surface area (Å²) in [6.45, 7) is 2.14. The minimum atomic E-state index is -1.00. The summed E-state index contributed by atoms with van der Waals surface area (Å²) in [6, 6.07) is 7.71. The SMILES string of the molecule is CCCCC[C@@H](O)/C=C/c1cccc(/C=C/[C@@H](O)[C@@H](O)CCCC(=O)OC)c1. The van der Waals surface area contributed by atoms with Crippen LogP contribution in [-0.2, 0) is 9.53 Å². The third kappa shape index (κ3) is 10.4. The monoisotopic (exact) mass is 390 g/mol. The number of carbonyl (C=O) groups excluding carboxylic acids is 1. The molecule has 0 fully saturated rings. The molecule has 0 bridgehead atoms. The minimum Gasteiger partial charge on any atom is -0.469 e. The smallest absolute Gasteiger partial charge is 0.305 e. The van der Waals surface area contributed by atoms with Crippen LogP contribution >= 0.6 is 0 Å². The lowest BCUT2D eigenvalue weighted by molar-refractivity contribution is -0.140. The van der Waals surface area contributed by atoms with Gasteiger partial charge in [-0.15, -0.1) is 0 Å². The zero-order valence-electron chi connectivity index (χ0n) is 17.0. The van der Waals surface area contributed by atoms with E-state index in [0.29, 0.717) is 12.8 Å². The summed E-state index contributed by atoms with van der Waals surface area (Å²) in [5, 5.41) is 30.0. The molecule has 3 atom stereocenters. The van der Waals surface area contributed by atoms with Crippen molar-refractivity contribution in [2.45, 2.75) is 70.2 Å².